The van der Waals surface area contributed by atoms with Gasteiger partial charge in [-0.15, -0.1) is 0 Å². The summed E-state index contributed by atoms with van der Waals surface area (Å²) in [6.07, 6.45) is 5.39. The van der Waals surface area contributed by atoms with E-state index in [9.17, 15) is 0 Å². The molecule has 0 aromatic heterocycles. The lowest BCUT2D eigenvalue weighted by atomic mass is 9.78. The van der Waals surface area contributed by atoms with Crippen LogP contribution in [0.25, 0.3) is 22.3 Å². The molecular formula is C31H40O2. The first-order valence-corrected chi connectivity index (χ1v) is 12.5. The minimum absolute atomic E-state index is 0.494. The van der Waals surface area contributed by atoms with Crippen molar-refractivity contribution in [2.45, 2.75) is 72.6 Å². The summed E-state index contributed by atoms with van der Waals surface area (Å²) >= 11 is 0. The molecule has 176 valence electrons. The molecule has 1 atom stereocenters. The Balaban J connectivity index is 2.54. The summed E-state index contributed by atoms with van der Waals surface area (Å²) < 4.78 is 11.7. The lowest BCUT2D eigenvalue weighted by molar-refractivity contribution is 0.402. The quantitative estimate of drug-likeness (QED) is 0.311. The highest BCUT2D eigenvalue weighted by Crippen LogP contribution is 2.47. The van der Waals surface area contributed by atoms with Crippen LogP contribution in [0.2, 0.25) is 0 Å². The normalized spacial score (nSPS) is 12.0. The number of ether oxygens (including phenoxy) is 2. The zero-order valence-electron chi connectivity index (χ0n) is 21.5. The monoisotopic (exact) mass is 444 g/mol. The van der Waals surface area contributed by atoms with Crippen molar-refractivity contribution in [1.29, 1.82) is 0 Å². The number of aryl methyl sites for hydroxylation is 1. The molecule has 0 spiro atoms. The molecule has 2 heteroatoms. The molecule has 0 N–H and O–H groups in total. The van der Waals surface area contributed by atoms with Crippen LogP contribution in [0.1, 0.15) is 75.1 Å². The smallest absolute Gasteiger partial charge is 0.127 e. The van der Waals surface area contributed by atoms with Crippen LogP contribution in [0.4, 0.5) is 0 Å². The number of hydrogen-bond acceptors (Lipinski definition) is 2. The molecule has 0 saturated heterocycles. The first-order chi connectivity index (χ1) is 16.0. The molecule has 0 bridgehead atoms. The van der Waals surface area contributed by atoms with E-state index in [1.165, 1.54) is 38.9 Å². The second-order valence-corrected chi connectivity index (χ2v) is 9.00. The van der Waals surface area contributed by atoms with Crippen LogP contribution in [0.3, 0.4) is 0 Å². The summed E-state index contributed by atoms with van der Waals surface area (Å²) in [4.78, 5) is 0. The van der Waals surface area contributed by atoms with Crippen LogP contribution < -0.4 is 9.47 Å². The molecule has 3 aromatic carbocycles. The topological polar surface area (TPSA) is 18.5 Å². The van der Waals surface area contributed by atoms with E-state index in [1.54, 1.807) is 14.2 Å². The molecular weight excluding hydrogens is 404 g/mol. The molecule has 0 fully saturated rings. The van der Waals surface area contributed by atoms with Gasteiger partial charge in [0.2, 0.25) is 0 Å². The summed E-state index contributed by atoms with van der Waals surface area (Å²) in [6.45, 7) is 11.4. The average molecular weight is 445 g/mol. The van der Waals surface area contributed by atoms with Crippen molar-refractivity contribution in [2.75, 3.05) is 14.2 Å². The maximum absolute atomic E-state index is 5.94. The third-order valence-corrected chi connectivity index (χ3v) is 6.84. The fourth-order valence-corrected chi connectivity index (χ4v) is 5.03. The first-order valence-electron chi connectivity index (χ1n) is 12.5. The van der Waals surface area contributed by atoms with Gasteiger partial charge in [0.15, 0.2) is 0 Å². The van der Waals surface area contributed by atoms with Gasteiger partial charge in [-0.3, -0.25) is 0 Å². The van der Waals surface area contributed by atoms with Crippen molar-refractivity contribution in [3.63, 3.8) is 0 Å². The Bertz CT molecular complexity index is 1070. The highest BCUT2D eigenvalue weighted by atomic mass is 16.5. The van der Waals surface area contributed by atoms with Crippen LogP contribution in [0, 0.1) is 6.92 Å². The zero-order valence-corrected chi connectivity index (χ0v) is 21.5. The molecule has 1 unspecified atom stereocenters. The lowest BCUT2D eigenvalue weighted by Crippen LogP contribution is -2.08. The van der Waals surface area contributed by atoms with Crippen LogP contribution in [-0.4, -0.2) is 14.2 Å². The van der Waals surface area contributed by atoms with E-state index in [0.29, 0.717) is 5.92 Å². The maximum Gasteiger partial charge on any atom is 0.127 e. The van der Waals surface area contributed by atoms with Gasteiger partial charge < -0.3 is 9.47 Å². The summed E-state index contributed by atoms with van der Waals surface area (Å²) in [5.74, 6) is 2.31. The Morgan fingerprint density at radius 2 is 1.39 bits per heavy atom. The average Bonchev–Trinajstić information content (AvgIpc) is 2.84. The van der Waals surface area contributed by atoms with Crippen LogP contribution in [0.5, 0.6) is 11.5 Å². The van der Waals surface area contributed by atoms with Gasteiger partial charge in [0.25, 0.3) is 0 Å². The number of methoxy groups -OCH3 is 2. The Morgan fingerprint density at radius 3 is 1.97 bits per heavy atom. The van der Waals surface area contributed by atoms with E-state index >= 15 is 0 Å². The number of benzene rings is 3. The third kappa shape index (κ3) is 4.95. The number of hydrogen-bond donors (Lipinski definition) is 0. The van der Waals surface area contributed by atoms with Crippen molar-refractivity contribution in [3.05, 3.63) is 70.8 Å². The van der Waals surface area contributed by atoms with Crippen molar-refractivity contribution in [1.82, 2.24) is 0 Å². The second kappa shape index (κ2) is 11.4. The minimum Gasteiger partial charge on any atom is -0.496 e. The van der Waals surface area contributed by atoms with Crippen LogP contribution in [0.15, 0.2) is 48.5 Å². The predicted molar refractivity (Wildman–Crippen MR) is 142 cm³/mol. The van der Waals surface area contributed by atoms with Gasteiger partial charge >= 0.3 is 0 Å². The molecule has 0 heterocycles. The van der Waals surface area contributed by atoms with Gasteiger partial charge in [-0.05, 0) is 77.6 Å². The largest absolute Gasteiger partial charge is 0.496 e. The molecule has 0 saturated carbocycles. The van der Waals surface area contributed by atoms with E-state index in [1.807, 2.05) is 6.07 Å². The lowest BCUT2D eigenvalue weighted by Gasteiger charge is -2.27. The molecule has 2 nitrogen and oxygen atoms in total. The van der Waals surface area contributed by atoms with Gasteiger partial charge in [0.05, 0.1) is 14.2 Å². The number of rotatable bonds is 10. The van der Waals surface area contributed by atoms with Gasteiger partial charge in [-0.1, -0.05) is 76.9 Å². The summed E-state index contributed by atoms with van der Waals surface area (Å²) in [6, 6.07) is 17.5. The zero-order chi connectivity index (χ0) is 24.0. The SMILES string of the molecule is CCCc1cc(C(C)CC)c(-c2ccccc2)c(CCC)c1-c1c(OC)ccc(OC)c1C. The van der Waals surface area contributed by atoms with Crippen LogP contribution in [-0.2, 0) is 12.8 Å². The standard InChI is InChI=1S/C31H40O2/c1-8-14-24-20-26(21(4)10-3)30(23-16-12-11-13-17-23)25(15-9-2)31(24)29-22(5)27(32-6)18-19-28(29)33-7/h11-13,16-21H,8-10,14-15H2,1-7H3. The highest BCUT2D eigenvalue weighted by Gasteiger charge is 2.25. The van der Waals surface area contributed by atoms with Crippen LogP contribution >= 0.6 is 0 Å². The molecule has 33 heavy (non-hydrogen) atoms. The molecule has 0 aliphatic carbocycles. The highest BCUT2D eigenvalue weighted by molar-refractivity contribution is 5.88. The summed E-state index contributed by atoms with van der Waals surface area (Å²) in [5.41, 5.74) is 10.7. The Labute approximate surface area is 201 Å². The van der Waals surface area contributed by atoms with Gasteiger partial charge in [0, 0.05) is 11.1 Å². The Kier molecular flexibility index (Phi) is 8.61. The molecule has 0 aliphatic heterocycles. The van der Waals surface area contributed by atoms with Gasteiger partial charge in [-0.2, -0.15) is 0 Å². The second-order valence-electron chi connectivity index (χ2n) is 9.00. The van der Waals surface area contributed by atoms with Crippen molar-refractivity contribution < 1.29 is 9.47 Å². The summed E-state index contributed by atoms with van der Waals surface area (Å²) in [7, 11) is 3.52. The van der Waals surface area contributed by atoms with Gasteiger partial charge in [0.1, 0.15) is 11.5 Å². The molecule has 0 radical (unpaired) electrons. The van der Waals surface area contributed by atoms with E-state index in [0.717, 1.165) is 49.2 Å². The first kappa shape index (κ1) is 24.9. The fraction of sp³-hybridized carbons (Fsp3) is 0.419. The van der Waals surface area contributed by atoms with Crippen molar-refractivity contribution >= 4 is 0 Å². The van der Waals surface area contributed by atoms with E-state index in [4.69, 9.17) is 9.47 Å². The fourth-order valence-electron chi connectivity index (χ4n) is 5.03. The maximum atomic E-state index is 5.94. The Morgan fingerprint density at radius 1 is 0.758 bits per heavy atom. The molecule has 0 aliphatic rings. The van der Waals surface area contributed by atoms with Crippen molar-refractivity contribution in [3.8, 4) is 33.8 Å². The predicted octanol–water partition coefficient (Wildman–Crippen LogP) is 8.76. The molecule has 3 rings (SSSR count). The van der Waals surface area contributed by atoms with E-state index < -0.39 is 0 Å². The van der Waals surface area contributed by atoms with E-state index in [2.05, 4.69) is 77.1 Å². The third-order valence-electron chi connectivity index (χ3n) is 6.84. The van der Waals surface area contributed by atoms with Crippen molar-refractivity contribution in [2.24, 2.45) is 0 Å². The summed E-state index contributed by atoms with van der Waals surface area (Å²) in [5, 5.41) is 0. The minimum atomic E-state index is 0.494. The molecule has 0 amide bonds. The van der Waals surface area contributed by atoms with Gasteiger partial charge in [-0.25, -0.2) is 0 Å². The Hall–Kier alpha value is -2.74. The molecule has 3 aromatic rings. The van der Waals surface area contributed by atoms with E-state index in [-0.39, 0.29) is 0 Å².